The first-order valence-electron chi connectivity index (χ1n) is 8.44. The zero-order valence-corrected chi connectivity index (χ0v) is 17.2. The van der Waals surface area contributed by atoms with Crippen LogP contribution in [0, 0.1) is 9.93 Å². The molecule has 2 amide bonds. The first kappa shape index (κ1) is 22.9. The lowest BCUT2D eigenvalue weighted by Crippen LogP contribution is -2.66. The summed E-state index contributed by atoms with van der Waals surface area (Å²) in [5.41, 5.74) is 1.72. The predicted molar refractivity (Wildman–Crippen MR) is 108 cm³/mol. The van der Waals surface area contributed by atoms with Crippen molar-refractivity contribution < 1.29 is 23.9 Å². The minimum atomic E-state index is -0.565. The summed E-state index contributed by atoms with van der Waals surface area (Å²) in [5, 5.41) is 3.18. The highest BCUT2D eigenvalue weighted by Gasteiger charge is 2.53. The Kier molecular flexibility index (Phi) is 8.18. The Morgan fingerprint density at radius 2 is 1.93 bits per heavy atom. The highest BCUT2D eigenvalue weighted by atomic mass is 35.5. The van der Waals surface area contributed by atoms with Gasteiger partial charge in [-0.3, -0.25) is 19.3 Å². The number of carbonyl (C=O) groups is 3. The molecule has 0 aliphatic carbocycles. The normalized spacial score (nSPS) is 20.1. The number of hydrogen-bond donors (Lipinski definition) is 1. The highest BCUT2D eigenvalue weighted by Crippen LogP contribution is 2.41. The quantitative estimate of drug-likeness (QED) is 0.523. The van der Waals surface area contributed by atoms with Crippen molar-refractivity contribution in [1.82, 2.24) is 10.2 Å². The van der Waals surface area contributed by atoms with Gasteiger partial charge in [0, 0.05) is 46.9 Å². The van der Waals surface area contributed by atoms with Gasteiger partial charge in [0.25, 0.3) is 11.8 Å². The third kappa shape index (κ3) is 5.14. The van der Waals surface area contributed by atoms with E-state index in [2.05, 4.69) is 5.32 Å². The number of esters is 1. The molecule has 9 nitrogen and oxygen atoms in total. The van der Waals surface area contributed by atoms with Crippen LogP contribution < -0.4 is 5.32 Å². The van der Waals surface area contributed by atoms with E-state index in [1.807, 2.05) is 12.1 Å². The first-order chi connectivity index (χ1) is 13.9. The number of halogens is 1. The molecule has 3 rings (SSSR count). The van der Waals surface area contributed by atoms with Gasteiger partial charge in [0.15, 0.2) is 6.10 Å². The first-order valence-corrected chi connectivity index (χ1v) is 9.87. The summed E-state index contributed by atoms with van der Waals surface area (Å²) >= 11 is 7.35. The number of methoxy groups -OCH3 is 1. The molecular formula is C18H19ClN2O7S. The molecule has 1 fully saturated rings. The van der Waals surface area contributed by atoms with Gasteiger partial charge in [-0.2, -0.15) is 0 Å². The molecule has 2 aliphatic heterocycles. The van der Waals surface area contributed by atoms with Gasteiger partial charge in [-0.1, -0.05) is 23.7 Å². The molecule has 2 atom stereocenters. The van der Waals surface area contributed by atoms with Crippen molar-refractivity contribution in [3.8, 4) is 0 Å². The van der Waals surface area contributed by atoms with Crippen LogP contribution in [0.15, 0.2) is 35.5 Å². The Morgan fingerprint density at radius 3 is 2.52 bits per heavy atom. The third-order valence-electron chi connectivity index (χ3n) is 4.28. The third-order valence-corrected chi connectivity index (χ3v) is 5.85. The number of β-lactam (4-membered cyclic amide) rings is 1. The number of carbonyl (C=O) groups excluding carboxylic acids is 3. The maximum atomic E-state index is 12.8. The Labute approximate surface area is 175 Å². The summed E-state index contributed by atoms with van der Waals surface area (Å²) in [6.07, 6.45) is -0.565. The molecule has 11 heteroatoms. The van der Waals surface area contributed by atoms with Crippen LogP contribution in [0.2, 0.25) is 5.02 Å². The molecule has 1 aromatic rings. The SMILES string of the molecule is CO[C@H]1C(=O)N2C(C(=O)NCc3ccc(Cl)cc3)=C(COC(C)=O)CS[C@H]12.O=O. The number of nitrogens with zero attached hydrogens (tertiary/aromatic N) is 1. The monoisotopic (exact) mass is 442 g/mol. The summed E-state index contributed by atoms with van der Waals surface area (Å²) in [6.45, 7) is 1.56. The van der Waals surface area contributed by atoms with Gasteiger partial charge in [0.1, 0.15) is 17.7 Å². The Bertz CT molecular complexity index is 815. The number of benzene rings is 1. The fraction of sp³-hybridized carbons (Fsp3) is 0.389. The average Bonchev–Trinajstić information content (AvgIpc) is 2.72. The second kappa shape index (κ2) is 10.4. The van der Waals surface area contributed by atoms with E-state index in [0.29, 0.717) is 16.3 Å². The molecule has 156 valence electrons. The van der Waals surface area contributed by atoms with Gasteiger partial charge < -0.3 is 14.8 Å². The zero-order chi connectivity index (χ0) is 21.6. The van der Waals surface area contributed by atoms with Gasteiger partial charge in [-0.15, -0.1) is 11.8 Å². The van der Waals surface area contributed by atoms with Crippen LogP contribution in [-0.2, 0) is 30.4 Å². The molecule has 1 saturated heterocycles. The van der Waals surface area contributed by atoms with Crippen molar-refractivity contribution in [3.05, 3.63) is 56.1 Å². The molecule has 0 unspecified atom stereocenters. The Hall–Kier alpha value is -2.43. The largest absolute Gasteiger partial charge is 0.461 e. The maximum absolute atomic E-state index is 12.8. The van der Waals surface area contributed by atoms with Crippen LogP contribution in [0.5, 0.6) is 0 Å². The van der Waals surface area contributed by atoms with Gasteiger partial charge in [-0.05, 0) is 17.7 Å². The number of amides is 2. The number of thioether (sulfide) groups is 1. The predicted octanol–water partition coefficient (Wildman–Crippen LogP) is 1.77. The van der Waals surface area contributed by atoms with E-state index in [1.165, 1.54) is 30.7 Å². The van der Waals surface area contributed by atoms with E-state index in [9.17, 15) is 14.4 Å². The molecule has 1 aromatic carbocycles. The van der Waals surface area contributed by atoms with E-state index in [-0.39, 0.29) is 36.0 Å². The summed E-state index contributed by atoms with van der Waals surface area (Å²) in [4.78, 5) is 51.8. The minimum absolute atomic E-state index is 0.0276. The van der Waals surface area contributed by atoms with Crippen LogP contribution in [0.4, 0.5) is 0 Å². The minimum Gasteiger partial charge on any atom is -0.461 e. The Morgan fingerprint density at radius 1 is 1.28 bits per heavy atom. The van der Waals surface area contributed by atoms with E-state index >= 15 is 0 Å². The van der Waals surface area contributed by atoms with Gasteiger partial charge >= 0.3 is 5.97 Å². The van der Waals surface area contributed by atoms with Gasteiger partial charge in [0.2, 0.25) is 0 Å². The molecule has 0 aromatic heterocycles. The molecule has 0 spiro atoms. The second-order valence-corrected chi connectivity index (χ2v) is 7.65. The van der Waals surface area contributed by atoms with Crippen molar-refractivity contribution in [2.45, 2.75) is 24.9 Å². The number of ether oxygens (including phenoxy) is 2. The van der Waals surface area contributed by atoms with Crippen LogP contribution in [0.3, 0.4) is 0 Å². The van der Waals surface area contributed by atoms with Crippen LogP contribution >= 0.6 is 23.4 Å². The molecule has 0 saturated carbocycles. The molecule has 1 N–H and O–H groups in total. The maximum Gasteiger partial charge on any atom is 0.302 e. The number of rotatable bonds is 6. The lowest BCUT2D eigenvalue weighted by Gasteiger charge is -2.49. The van der Waals surface area contributed by atoms with Crippen molar-refractivity contribution in [1.29, 1.82) is 0 Å². The molecule has 2 aliphatic rings. The second-order valence-electron chi connectivity index (χ2n) is 6.11. The van der Waals surface area contributed by atoms with E-state index in [1.54, 1.807) is 12.1 Å². The molecule has 29 heavy (non-hydrogen) atoms. The Balaban J connectivity index is 0.00000145. The van der Waals surface area contributed by atoms with Gasteiger partial charge in [-0.25, -0.2) is 0 Å². The lowest BCUT2D eigenvalue weighted by atomic mass is 10.0. The van der Waals surface area contributed by atoms with E-state index in [0.717, 1.165) is 5.56 Å². The smallest absolute Gasteiger partial charge is 0.302 e. The molecule has 0 bridgehead atoms. The summed E-state index contributed by atoms with van der Waals surface area (Å²) in [7, 11) is 1.47. The van der Waals surface area contributed by atoms with Crippen molar-refractivity contribution in [2.24, 2.45) is 0 Å². The van der Waals surface area contributed by atoms with Crippen LogP contribution in [0.25, 0.3) is 0 Å². The molecule has 2 heterocycles. The summed E-state index contributed by atoms with van der Waals surface area (Å²) < 4.78 is 10.3. The highest BCUT2D eigenvalue weighted by molar-refractivity contribution is 8.00. The van der Waals surface area contributed by atoms with Crippen molar-refractivity contribution in [3.63, 3.8) is 0 Å². The van der Waals surface area contributed by atoms with Crippen molar-refractivity contribution >= 4 is 41.1 Å². The standard InChI is InChI=1S/C18H19ClN2O5S.O2/c1-10(22)26-8-12-9-27-18-15(25-2)17(24)21(18)14(12)16(23)20-7-11-3-5-13(19)6-4-11;1-2/h3-6,15,18H,7-9H2,1-2H3,(H,20,23);/t15-,18+;/m0./s1. The van der Waals surface area contributed by atoms with Gasteiger partial charge in [0.05, 0.1) is 0 Å². The average molecular weight is 443 g/mol. The summed E-state index contributed by atoms with van der Waals surface area (Å²) in [5.74, 6) is -0.627. The van der Waals surface area contributed by atoms with E-state index in [4.69, 9.17) is 31.0 Å². The summed E-state index contributed by atoms with van der Waals surface area (Å²) in [6, 6.07) is 7.10. The van der Waals surface area contributed by atoms with Crippen LogP contribution in [0.1, 0.15) is 12.5 Å². The number of fused-ring (bicyclic) bond motifs is 1. The zero-order valence-electron chi connectivity index (χ0n) is 15.7. The number of hydrogen-bond acceptors (Lipinski definition) is 8. The van der Waals surface area contributed by atoms with Crippen molar-refractivity contribution in [2.75, 3.05) is 19.5 Å². The fourth-order valence-corrected chi connectivity index (χ4v) is 4.39. The lowest BCUT2D eigenvalue weighted by molar-refractivity contribution is -0.160. The fourth-order valence-electron chi connectivity index (χ4n) is 2.92. The topological polar surface area (TPSA) is 119 Å². The van der Waals surface area contributed by atoms with E-state index < -0.39 is 12.1 Å². The molecular weight excluding hydrogens is 424 g/mol. The number of nitrogens with one attached hydrogen (secondary N) is 1. The van der Waals surface area contributed by atoms with Crippen LogP contribution in [-0.4, -0.2) is 53.6 Å². The molecule has 0 radical (unpaired) electrons.